The summed E-state index contributed by atoms with van der Waals surface area (Å²) in [5.41, 5.74) is 4.32. The van der Waals surface area contributed by atoms with E-state index in [0.717, 1.165) is 30.5 Å². The predicted molar refractivity (Wildman–Crippen MR) is 113 cm³/mol. The number of rotatable bonds is 5. The number of hydrogen-bond donors (Lipinski definition) is 2. The molecule has 7 nitrogen and oxygen atoms in total. The Kier molecular flexibility index (Phi) is 5.44. The van der Waals surface area contributed by atoms with Crippen molar-refractivity contribution in [3.05, 3.63) is 82.7 Å². The van der Waals surface area contributed by atoms with Crippen molar-refractivity contribution >= 4 is 15.9 Å². The van der Waals surface area contributed by atoms with Gasteiger partial charge in [-0.15, -0.1) is 0 Å². The summed E-state index contributed by atoms with van der Waals surface area (Å²) in [6.07, 6.45) is 4.49. The molecule has 0 spiro atoms. The first-order chi connectivity index (χ1) is 14.3. The summed E-state index contributed by atoms with van der Waals surface area (Å²) in [6, 6.07) is 14.3. The number of aromatic nitrogens is 2. The number of sulfonamides is 1. The van der Waals surface area contributed by atoms with Gasteiger partial charge in [0.15, 0.2) is 0 Å². The molecule has 156 valence electrons. The molecular formula is C22H24N4O3S. The summed E-state index contributed by atoms with van der Waals surface area (Å²) in [5, 5.41) is 12.8. The van der Waals surface area contributed by atoms with Crippen LogP contribution in [-0.4, -0.2) is 24.1 Å². The monoisotopic (exact) mass is 424 g/mol. The van der Waals surface area contributed by atoms with Gasteiger partial charge in [-0.3, -0.25) is 9.48 Å². The fourth-order valence-corrected chi connectivity index (χ4v) is 4.46. The Morgan fingerprint density at radius 2 is 2.00 bits per heavy atom. The molecule has 0 aliphatic heterocycles. The number of nitrogens with two attached hydrogens (primary N) is 1. The Hall–Kier alpha value is -2.97. The maximum Gasteiger partial charge on any atom is 0.252 e. The van der Waals surface area contributed by atoms with Gasteiger partial charge in [0.05, 0.1) is 23.7 Å². The zero-order chi connectivity index (χ0) is 21.3. The third kappa shape index (κ3) is 4.15. The van der Waals surface area contributed by atoms with E-state index in [1.807, 2.05) is 29.1 Å². The van der Waals surface area contributed by atoms with E-state index in [0.29, 0.717) is 17.7 Å². The van der Waals surface area contributed by atoms with Gasteiger partial charge in [0.25, 0.3) is 5.91 Å². The van der Waals surface area contributed by atoms with Crippen LogP contribution in [0.4, 0.5) is 0 Å². The second kappa shape index (κ2) is 8.04. The van der Waals surface area contributed by atoms with E-state index in [4.69, 9.17) is 5.14 Å². The van der Waals surface area contributed by atoms with Gasteiger partial charge < -0.3 is 5.32 Å². The van der Waals surface area contributed by atoms with Crippen LogP contribution in [0.2, 0.25) is 0 Å². The molecule has 4 rings (SSSR count). The van der Waals surface area contributed by atoms with Gasteiger partial charge in [-0.1, -0.05) is 36.4 Å². The summed E-state index contributed by atoms with van der Waals surface area (Å²) in [4.78, 5) is 12.9. The van der Waals surface area contributed by atoms with Crippen LogP contribution < -0.4 is 10.5 Å². The molecule has 1 atom stereocenters. The molecule has 3 N–H and O–H groups in total. The minimum absolute atomic E-state index is 0.0711. The number of aryl methyl sites for hydroxylation is 1. The average molecular weight is 425 g/mol. The van der Waals surface area contributed by atoms with Crippen LogP contribution in [0, 0.1) is 6.92 Å². The number of benzene rings is 2. The van der Waals surface area contributed by atoms with E-state index < -0.39 is 10.0 Å². The maximum absolute atomic E-state index is 12.9. The van der Waals surface area contributed by atoms with Gasteiger partial charge in [-0.05, 0) is 49.4 Å². The van der Waals surface area contributed by atoms with Crippen LogP contribution >= 0.6 is 0 Å². The lowest BCUT2D eigenvalue weighted by atomic mass is 9.92. The fraction of sp³-hybridized carbons (Fsp3) is 0.273. The van der Waals surface area contributed by atoms with Crippen LogP contribution in [0.25, 0.3) is 0 Å². The molecule has 1 aromatic heterocycles. The smallest absolute Gasteiger partial charge is 0.252 e. The Morgan fingerprint density at radius 1 is 1.23 bits per heavy atom. The lowest BCUT2D eigenvalue weighted by molar-refractivity contribution is 0.0932. The highest BCUT2D eigenvalue weighted by molar-refractivity contribution is 7.89. The number of hydrogen-bond acceptors (Lipinski definition) is 4. The van der Waals surface area contributed by atoms with Crippen LogP contribution in [0.1, 0.15) is 51.6 Å². The first kappa shape index (κ1) is 20.3. The van der Waals surface area contributed by atoms with Crippen LogP contribution in [0.3, 0.4) is 0 Å². The van der Waals surface area contributed by atoms with Crippen molar-refractivity contribution in [2.24, 2.45) is 5.14 Å². The minimum atomic E-state index is -3.88. The molecule has 0 fully saturated rings. The first-order valence-corrected chi connectivity index (χ1v) is 11.4. The molecular weight excluding hydrogens is 400 g/mol. The number of nitrogens with one attached hydrogen (secondary N) is 1. The normalized spacial score (nSPS) is 16.1. The molecule has 1 amide bonds. The summed E-state index contributed by atoms with van der Waals surface area (Å²) in [5.74, 6) is -0.313. The highest BCUT2D eigenvalue weighted by atomic mass is 32.2. The molecule has 0 bridgehead atoms. The number of carbonyl (C=O) groups excluding carboxylic acids is 1. The van der Waals surface area contributed by atoms with Crippen molar-refractivity contribution < 1.29 is 13.2 Å². The van der Waals surface area contributed by atoms with E-state index in [1.165, 1.54) is 17.7 Å². The number of amides is 1. The van der Waals surface area contributed by atoms with Gasteiger partial charge in [0.1, 0.15) is 0 Å². The second-order valence-electron chi connectivity index (χ2n) is 7.63. The lowest BCUT2D eigenvalue weighted by Crippen LogP contribution is -2.31. The average Bonchev–Trinajstić information content (AvgIpc) is 3.12. The summed E-state index contributed by atoms with van der Waals surface area (Å²) in [6.45, 7) is 2.46. The van der Waals surface area contributed by atoms with E-state index in [-0.39, 0.29) is 16.8 Å². The van der Waals surface area contributed by atoms with Crippen molar-refractivity contribution in [2.75, 3.05) is 0 Å². The minimum Gasteiger partial charge on any atom is -0.345 e. The van der Waals surface area contributed by atoms with Gasteiger partial charge in [0.2, 0.25) is 10.0 Å². The van der Waals surface area contributed by atoms with Crippen LogP contribution in [0.15, 0.2) is 59.6 Å². The Labute approximate surface area is 176 Å². The van der Waals surface area contributed by atoms with Gasteiger partial charge >= 0.3 is 0 Å². The van der Waals surface area contributed by atoms with Crippen LogP contribution in [-0.2, 0) is 23.0 Å². The quantitative estimate of drug-likeness (QED) is 0.657. The third-order valence-corrected chi connectivity index (χ3v) is 6.44. The highest BCUT2D eigenvalue weighted by Gasteiger charge is 2.26. The van der Waals surface area contributed by atoms with Gasteiger partial charge in [-0.25, -0.2) is 13.6 Å². The van der Waals surface area contributed by atoms with Crippen molar-refractivity contribution in [2.45, 2.75) is 43.7 Å². The second-order valence-corrected chi connectivity index (χ2v) is 9.19. The summed E-state index contributed by atoms with van der Waals surface area (Å²) < 4.78 is 25.3. The molecule has 1 heterocycles. The molecule has 1 aliphatic carbocycles. The van der Waals surface area contributed by atoms with Gasteiger partial charge in [0, 0.05) is 16.8 Å². The van der Waals surface area contributed by atoms with E-state index in [9.17, 15) is 13.2 Å². The molecule has 30 heavy (non-hydrogen) atoms. The zero-order valence-electron chi connectivity index (χ0n) is 16.7. The Bertz CT molecular complexity index is 1190. The number of primary sulfonamides is 1. The SMILES string of the molecule is Cc1ccc(S(N)(=O)=O)cc1C(=O)NC1CCCc2c1cnn2Cc1ccccc1. The molecule has 8 heteroatoms. The van der Waals surface area contributed by atoms with Crippen LogP contribution in [0.5, 0.6) is 0 Å². The molecule has 1 aliphatic rings. The van der Waals surface area contributed by atoms with Crippen molar-refractivity contribution in [3.63, 3.8) is 0 Å². The highest BCUT2D eigenvalue weighted by Crippen LogP contribution is 2.30. The Balaban J connectivity index is 1.57. The van der Waals surface area contributed by atoms with E-state index in [2.05, 4.69) is 22.5 Å². The molecule has 0 saturated carbocycles. The van der Waals surface area contributed by atoms with Crippen molar-refractivity contribution in [1.29, 1.82) is 0 Å². The molecule has 1 unspecified atom stereocenters. The largest absolute Gasteiger partial charge is 0.345 e. The maximum atomic E-state index is 12.9. The summed E-state index contributed by atoms with van der Waals surface area (Å²) >= 11 is 0. The lowest BCUT2D eigenvalue weighted by Gasteiger charge is -2.24. The predicted octanol–water partition coefficient (Wildman–Crippen LogP) is 2.69. The standard InChI is InChI=1S/C22H24N4O3S/c1-15-10-11-17(30(23,28)29)12-18(15)22(27)25-20-8-5-9-21-19(20)13-24-26(21)14-16-6-3-2-4-7-16/h2-4,6-7,10-13,20H,5,8-9,14H2,1H3,(H,25,27)(H2,23,28,29). The fourth-order valence-electron chi connectivity index (χ4n) is 3.92. The van der Waals surface area contributed by atoms with Crippen molar-refractivity contribution in [3.8, 4) is 0 Å². The van der Waals surface area contributed by atoms with E-state index in [1.54, 1.807) is 13.0 Å². The molecule has 0 saturated heterocycles. The topological polar surface area (TPSA) is 107 Å². The van der Waals surface area contributed by atoms with E-state index >= 15 is 0 Å². The third-order valence-electron chi connectivity index (χ3n) is 5.53. The Morgan fingerprint density at radius 3 is 2.73 bits per heavy atom. The molecule has 2 aromatic carbocycles. The number of carbonyl (C=O) groups is 1. The van der Waals surface area contributed by atoms with Gasteiger partial charge in [-0.2, -0.15) is 5.10 Å². The summed E-state index contributed by atoms with van der Waals surface area (Å²) in [7, 11) is -3.88. The molecule has 3 aromatic rings. The van der Waals surface area contributed by atoms with Crippen molar-refractivity contribution in [1.82, 2.24) is 15.1 Å². The first-order valence-electron chi connectivity index (χ1n) is 9.86. The molecule has 0 radical (unpaired) electrons. The number of fused-ring (bicyclic) bond motifs is 1. The zero-order valence-corrected chi connectivity index (χ0v) is 17.5. The number of nitrogens with zero attached hydrogens (tertiary/aromatic N) is 2.